The first-order chi connectivity index (χ1) is 11.8. The molecule has 1 aromatic rings. The highest BCUT2D eigenvalue weighted by molar-refractivity contribution is 8.00. The van der Waals surface area contributed by atoms with Gasteiger partial charge >= 0.3 is 0 Å². The maximum absolute atomic E-state index is 12.8. The zero-order valence-corrected chi connectivity index (χ0v) is 14.9. The van der Waals surface area contributed by atoms with E-state index in [2.05, 4.69) is 4.90 Å². The van der Waals surface area contributed by atoms with Crippen molar-refractivity contribution in [3.8, 4) is 11.5 Å². The maximum Gasteiger partial charge on any atom is 0.233 e. The zero-order chi connectivity index (χ0) is 16.4. The fourth-order valence-electron chi connectivity index (χ4n) is 4.28. The minimum absolute atomic E-state index is 0.298. The smallest absolute Gasteiger partial charge is 0.233 e. The number of ether oxygens (including phenoxy) is 2. The standard InChI is InChI=1S/C19H25NO3S/c21-19(20-9-3-5-14-4-1-2-6-16(14)20)13-24-15-7-8-17-18(12-15)23-11-10-22-17/h7-8,12,14,16H,1-6,9-11,13H2/t14-,16+/m1/s1. The maximum atomic E-state index is 12.8. The van der Waals surface area contributed by atoms with Crippen molar-refractivity contribution in [3.05, 3.63) is 18.2 Å². The van der Waals surface area contributed by atoms with Gasteiger partial charge in [-0.05, 0) is 49.8 Å². The quantitative estimate of drug-likeness (QED) is 0.781. The Labute approximate surface area is 147 Å². The van der Waals surface area contributed by atoms with Crippen molar-refractivity contribution in [1.82, 2.24) is 4.90 Å². The van der Waals surface area contributed by atoms with Crippen molar-refractivity contribution >= 4 is 17.7 Å². The van der Waals surface area contributed by atoms with Crippen LogP contribution in [-0.4, -0.2) is 42.4 Å². The Hall–Kier alpha value is -1.36. The monoisotopic (exact) mass is 347 g/mol. The van der Waals surface area contributed by atoms with E-state index in [1.807, 2.05) is 18.2 Å². The van der Waals surface area contributed by atoms with Gasteiger partial charge in [-0.2, -0.15) is 0 Å². The molecule has 24 heavy (non-hydrogen) atoms. The molecule has 3 aliphatic rings. The number of fused-ring (bicyclic) bond motifs is 2. The van der Waals surface area contributed by atoms with Crippen molar-refractivity contribution in [3.63, 3.8) is 0 Å². The Morgan fingerprint density at radius 2 is 1.88 bits per heavy atom. The third kappa shape index (κ3) is 3.37. The van der Waals surface area contributed by atoms with Gasteiger partial charge in [0.2, 0.25) is 5.91 Å². The summed E-state index contributed by atoms with van der Waals surface area (Å²) in [7, 11) is 0. The summed E-state index contributed by atoms with van der Waals surface area (Å²) >= 11 is 1.61. The summed E-state index contributed by atoms with van der Waals surface area (Å²) in [5.41, 5.74) is 0. The lowest BCUT2D eigenvalue weighted by atomic mass is 9.78. The van der Waals surface area contributed by atoms with Crippen molar-refractivity contribution < 1.29 is 14.3 Å². The normalized spacial score (nSPS) is 25.9. The van der Waals surface area contributed by atoms with E-state index in [9.17, 15) is 4.79 Å². The highest BCUT2D eigenvalue weighted by atomic mass is 32.2. The Balaban J connectivity index is 1.37. The Kier molecular flexibility index (Phi) is 4.88. The molecule has 1 saturated heterocycles. The molecule has 1 aliphatic carbocycles. The molecule has 2 fully saturated rings. The van der Waals surface area contributed by atoms with Gasteiger partial charge in [0.05, 0.1) is 5.75 Å². The fourth-order valence-corrected chi connectivity index (χ4v) is 5.09. The summed E-state index contributed by atoms with van der Waals surface area (Å²) in [5.74, 6) is 3.16. The van der Waals surface area contributed by atoms with Crippen LogP contribution < -0.4 is 9.47 Å². The van der Waals surface area contributed by atoms with E-state index in [1.165, 1.54) is 38.5 Å². The largest absolute Gasteiger partial charge is 0.486 e. The second kappa shape index (κ2) is 7.26. The number of hydrogen-bond donors (Lipinski definition) is 0. The van der Waals surface area contributed by atoms with Gasteiger partial charge in [-0.3, -0.25) is 4.79 Å². The van der Waals surface area contributed by atoms with Gasteiger partial charge in [0.15, 0.2) is 11.5 Å². The summed E-state index contributed by atoms with van der Waals surface area (Å²) < 4.78 is 11.2. The van der Waals surface area contributed by atoms with Crippen LogP contribution in [0.25, 0.3) is 0 Å². The molecule has 2 heterocycles. The molecule has 130 valence electrons. The van der Waals surface area contributed by atoms with Crippen LogP contribution in [0, 0.1) is 5.92 Å². The minimum atomic E-state index is 0.298. The summed E-state index contributed by atoms with van der Waals surface area (Å²) in [6.07, 6.45) is 7.61. The van der Waals surface area contributed by atoms with Crippen LogP contribution in [0.15, 0.2) is 23.1 Å². The van der Waals surface area contributed by atoms with Gasteiger partial charge in [0.1, 0.15) is 13.2 Å². The van der Waals surface area contributed by atoms with Crippen molar-refractivity contribution in [2.75, 3.05) is 25.5 Å². The molecular formula is C19H25NO3S. The molecule has 0 unspecified atom stereocenters. The van der Waals surface area contributed by atoms with E-state index < -0.39 is 0 Å². The first-order valence-electron chi connectivity index (χ1n) is 9.13. The number of carbonyl (C=O) groups is 1. The highest BCUT2D eigenvalue weighted by Gasteiger charge is 2.35. The molecule has 0 bridgehead atoms. The Morgan fingerprint density at radius 3 is 2.79 bits per heavy atom. The molecule has 1 aromatic carbocycles. The first-order valence-corrected chi connectivity index (χ1v) is 10.1. The SMILES string of the molecule is O=C(CSc1ccc2c(c1)OCCO2)N1CCC[C@H]2CCCC[C@@H]21. The van der Waals surface area contributed by atoms with Crippen molar-refractivity contribution in [2.45, 2.75) is 49.5 Å². The first kappa shape index (κ1) is 16.1. The van der Waals surface area contributed by atoms with Gasteiger partial charge in [0, 0.05) is 17.5 Å². The molecule has 5 heteroatoms. The molecular weight excluding hydrogens is 322 g/mol. The summed E-state index contributed by atoms with van der Waals surface area (Å²) in [5, 5.41) is 0. The lowest BCUT2D eigenvalue weighted by molar-refractivity contribution is -0.134. The van der Waals surface area contributed by atoms with Crippen molar-refractivity contribution in [1.29, 1.82) is 0 Å². The zero-order valence-electron chi connectivity index (χ0n) is 14.0. The van der Waals surface area contributed by atoms with Crippen LogP contribution in [0.2, 0.25) is 0 Å². The number of nitrogens with zero attached hydrogens (tertiary/aromatic N) is 1. The lowest BCUT2D eigenvalue weighted by Gasteiger charge is -2.44. The van der Waals surface area contributed by atoms with E-state index in [0.29, 0.717) is 30.9 Å². The number of hydrogen-bond acceptors (Lipinski definition) is 4. The predicted molar refractivity (Wildman–Crippen MR) is 94.8 cm³/mol. The molecule has 0 aromatic heterocycles. The van der Waals surface area contributed by atoms with E-state index in [1.54, 1.807) is 11.8 Å². The van der Waals surface area contributed by atoms with Crippen LogP contribution in [0.4, 0.5) is 0 Å². The van der Waals surface area contributed by atoms with Gasteiger partial charge in [-0.15, -0.1) is 11.8 Å². The third-order valence-electron chi connectivity index (χ3n) is 5.44. The fraction of sp³-hybridized carbons (Fsp3) is 0.632. The van der Waals surface area contributed by atoms with Crippen LogP contribution in [-0.2, 0) is 4.79 Å². The number of rotatable bonds is 3. The molecule has 0 radical (unpaired) electrons. The highest BCUT2D eigenvalue weighted by Crippen LogP contribution is 2.37. The van der Waals surface area contributed by atoms with Crippen LogP contribution in [0.5, 0.6) is 11.5 Å². The van der Waals surface area contributed by atoms with Crippen LogP contribution in [0.3, 0.4) is 0 Å². The molecule has 2 aliphatic heterocycles. The van der Waals surface area contributed by atoms with E-state index in [-0.39, 0.29) is 0 Å². The molecule has 2 atom stereocenters. The number of carbonyl (C=O) groups excluding carboxylic acids is 1. The molecule has 1 saturated carbocycles. The lowest BCUT2D eigenvalue weighted by Crippen LogP contribution is -2.50. The topological polar surface area (TPSA) is 38.8 Å². The number of piperidine rings is 1. The van der Waals surface area contributed by atoms with Crippen molar-refractivity contribution in [2.24, 2.45) is 5.92 Å². The number of thioether (sulfide) groups is 1. The Bertz CT molecular complexity index is 604. The van der Waals surface area contributed by atoms with Gasteiger partial charge in [0.25, 0.3) is 0 Å². The van der Waals surface area contributed by atoms with Crippen LogP contribution in [0.1, 0.15) is 38.5 Å². The second-order valence-electron chi connectivity index (χ2n) is 6.94. The second-order valence-corrected chi connectivity index (χ2v) is 7.98. The average Bonchev–Trinajstić information content (AvgIpc) is 2.65. The summed E-state index contributed by atoms with van der Waals surface area (Å²) in [6.45, 7) is 2.15. The molecule has 1 amide bonds. The van der Waals surface area contributed by atoms with E-state index in [4.69, 9.17) is 9.47 Å². The predicted octanol–water partition coefficient (Wildman–Crippen LogP) is 3.73. The van der Waals surface area contributed by atoms with Gasteiger partial charge in [-0.25, -0.2) is 0 Å². The van der Waals surface area contributed by atoms with Gasteiger partial charge in [-0.1, -0.05) is 12.8 Å². The third-order valence-corrected chi connectivity index (χ3v) is 6.42. The molecule has 4 rings (SSSR count). The van der Waals surface area contributed by atoms with E-state index >= 15 is 0 Å². The summed E-state index contributed by atoms with van der Waals surface area (Å²) in [4.78, 5) is 16.0. The summed E-state index contributed by atoms with van der Waals surface area (Å²) in [6, 6.07) is 6.46. The number of likely N-dealkylation sites (tertiary alicyclic amines) is 1. The molecule has 0 N–H and O–H groups in total. The molecule has 4 nitrogen and oxygen atoms in total. The van der Waals surface area contributed by atoms with Gasteiger partial charge < -0.3 is 14.4 Å². The number of amides is 1. The van der Waals surface area contributed by atoms with Crippen LogP contribution >= 0.6 is 11.8 Å². The molecule has 0 spiro atoms. The number of benzene rings is 1. The Morgan fingerprint density at radius 1 is 1.08 bits per heavy atom. The average molecular weight is 347 g/mol. The van der Waals surface area contributed by atoms with E-state index in [0.717, 1.165) is 28.9 Å². The minimum Gasteiger partial charge on any atom is -0.486 e.